The monoisotopic (exact) mass is 424 g/mol. The van der Waals surface area contributed by atoms with E-state index in [0.29, 0.717) is 35.7 Å². The third-order valence-corrected chi connectivity index (χ3v) is 7.28. The Morgan fingerprint density at radius 1 is 0.964 bits per heavy atom. The number of pyridine rings is 1. The first kappa shape index (κ1) is 19.1. The van der Waals surface area contributed by atoms with Gasteiger partial charge in [-0.25, -0.2) is 21.6 Å². The second-order valence-electron chi connectivity index (χ2n) is 6.31. The van der Waals surface area contributed by atoms with Crippen LogP contribution in [0.15, 0.2) is 52.4 Å². The van der Waals surface area contributed by atoms with E-state index in [1.54, 1.807) is 11.8 Å². The standard InChI is InChI=1S/C19H15F3N2O2S2/c20-12-1-4-17-14(9-12)19(24-5-7-27-8-6-24)18(11-23-17)28(25,26)13-2-3-15(21)16(22)10-13/h1-4,9-11H,5-8H2. The zero-order chi connectivity index (χ0) is 19.9. The Balaban J connectivity index is 1.98. The summed E-state index contributed by atoms with van der Waals surface area (Å²) in [6.07, 6.45) is 1.20. The van der Waals surface area contributed by atoms with Crippen molar-refractivity contribution in [2.75, 3.05) is 29.5 Å². The van der Waals surface area contributed by atoms with Crippen LogP contribution in [0.3, 0.4) is 0 Å². The molecule has 0 unspecified atom stereocenters. The third-order valence-electron chi connectivity index (χ3n) is 4.59. The van der Waals surface area contributed by atoms with E-state index in [-0.39, 0.29) is 9.79 Å². The third kappa shape index (κ3) is 3.33. The minimum absolute atomic E-state index is 0.150. The summed E-state index contributed by atoms with van der Waals surface area (Å²) in [5, 5.41) is 0.371. The summed E-state index contributed by atoms with van der Waals surface area (Å²) in [6, 6.07) is 6.43. The summed E-state index contributed by atoms with van der Waals surface area (Å²) < 4.78 is 67.4. The molecule has 9 heteroatoms. The molecule has 2 heterocycles. The number of hydrogen-bond acceptors (Lipinski definition) is 5. The summed E-state index contributed by atoms with van der Waals surface area (Å²) in [7, 11) is -4.20. The molecule has 0 amide bonds. The zero-order valence-electron chi connectivity index (χ0n) is 14.5. The Morgan fingerprint density at radius 3 is 2.43 bits per heavy atom. The smallest absolute Gasteiger partial charge is 0.210 e. The van der Waals surface area contributed by atoms with Gasteiger partial charge in [0.05, 0.1) is 16.1 Å². The van der Waals surface area contributed by atoms with Crippen molar-refractivity contribution in [2.45, 2.75) is 9.79 Å². The van der Waals surface area contributed by atoms with Crippen LogP contribution in [0, 0.1) is 17.5 Å². The fourth-order valence-electron chi connectivity index (χ4n) is 3.21. The fourth-order valence-corrected chi connectivity index (χ4v) is 5.56. The maximum atomic E-state index is 13.9. The van der Waals surface area contributed by atoms with Crippen LogP contribution >= 0.6 is 11.8 Å². The van der Waals surface area contributed by atoms with Crippen molar-refractivity contribution in [2.24, 2.45) is 0 Å². The molecule has 0 saturated carbocycles. The summed E-state index contributed by atoms with van der Waals surface area (Å²) in [5.41, 5.74) is 0.799. The molecule has 1 aliphatic rings. The summed E-state index contributed by atoms with van der Waals surface area (Å²) in [4.78, 5) is 5.52. The minimum atomic E-state index is -4.20. The Kier molecular flexibility index (Phi) is 4.96. The normalized spacial score (nSPS) is 15.2. The highest BCUT2D eigenvalue weighted by molar-refractivity contribution is 7.99. The number of thioether (sulfide) groups is 1. The molecule has 1 aromatic heterocycles. The molecule has 0 aliphatic carbocycles. The van der Waals surface area contributed by atoms with Gasteiger partial charge in [-0.3, -0.25) is 4.98 Å². The van der Waals surface area contributed by atoms with Crippen LogP contribution < -0.4 is 4.90 Å². The minimum Gasteiger partial charge on any atom is -0.368 e. The van der Waals surface area contributed by atoms with Crippen molar-refractivity contribution in [1.82, 2.24) is 4.98 Å². The van der Waals surface area contributed by atoms with E-state index in [0.717, 1.165) is 23.6 Å². The largest absolute Gasteiger partial charge is 0.368 e. The first-order chi connectivity index (χ1) is 13.4. The van der Waals surface area contributed by atoms with E-state index in [2.05, 4.69) is 4.98 Å². The molecule has 28 heavy (non-hydrogen) atoms. The molecule has 1 saturated heterocycles. The molecule has 4 rings (SSSR count). The lowest BCUT2D eigenvalue weighted by Gasteiger charge is -2.31. The van der Waals surface area contributed by atoms with E-state index in [1.807, 2.05) is 4.90 Å². The van der Waals surface area contributed by atoms with E-state index in [4.69, 9.17) is 0 Å². The topological polar surface area (TPSA) is 50.3 Å². The highest BCUT2D eigenvalue weighted by atomic mass is 32.2. The van der Waals surface area contributed by atoms with Gasteiger partial charge in [-0.1, -0.05) is 0 Å². The average Bonchev–Trinajstić information content (AvgIpc) is 2.69. The van der Waals surface area contributed by atoms with Crippen LogP contribution in [-0.4, -0.2) is 38.0 Å². The second-order valence-corrected chi connectivity index (χ2v) is 9.45. The predicted molar refractivity (Wildman–Crippen MR) is 103 cm³/mol. The predicted octanol–water partition coefficient (Wildman–Crippen LogP) is 4.04. The SMILES string of the molecule is O=S(=O)(c1ccc(F)c(F)c1)c1cnc2ccc(F)cc2c1N1CCSCC1. The zero-order valence-corrected chi connectivity index (χ0v) is 16.2. The molecule has 0 bridgehead atoms. The van der Waals surface area contributed by atoms with E-state index in [1.165, 1.54) is 24.4 Å². The molecule has 1 fully saturated rings. The van der Waals surface area contributed by atoms with E-state index >= 15 is 0 Å². The Bertz CT molecular complexity index is 1160. The number of anilines is 1. The first-order valence-corrected chi connectivity index (χ1v) is 11.1. The van der Waals surface area contributed by atoms with Gasteiger partial charge in [-0.05, 0) is 36.4 Å². The number of sulfone groups is 1. The van der Waals surface area contributed by atoms with Gasteiger partial charge >= 0.3 is 0 Å². The van der Waals surface area contributed by atoms with Crippen molar-refractivity contribution < 1.29 is 21.6 Å². The second kappa shape index (κ2) is 7.29. The Morgan fingerprint density at radius 2 is 1.71 bits per heavy atom. The van der Waals surface area contributed by atoms with Gasteiger partial charge in [0, 0.05) is 36.2 Å². The van der Waals surface area contributed by atoms with Crippen LogP contribution in [0.5, 0.6) is 0 Å². The number of hydrogen-bond donors (Lipinski definition) is 0. The molecule has 4 nitrogen and oxygen atoms in total. The molecule has 0 atom stereocenters. The van der Waals surface area contributed by atoms with Gasteiger partial charge in [0.25, 0.3) is 0 Å². The van der Waals surface area contributed by atoms with Gasteiger partial charge in [0.15, 0.2) is 11.6 Å². The lowest BCUT2D eigenvalue weighted by molar-refractivity contribution is 0.504. The fraction of sp³-hybridized carbons (Fsp3) is 0.211. The van der Waals surface area contributed by atoms with Crippen molar-refractivity contribution in [1.29, 1.82) is 0 Å². The number of rotatable bonds is 3. The maximum Gasteiger partial charge on any atom is 0.210 e. The lowest BCUT2D eigenvalue weighted by Crippen LogP contribution is -2.33. The quantitative estimate of drug-likeness (QED) is 0.594. The number of nitrogens with zero attached hydrogens (tertiary/aromatic N) is 2. The average molecular weight is 424 g/mol. The van der Waals surface area contributed by atoms with Crippen molar-refractivity contribution in [3.8, 4) is 0 Å². The van der Waals surface area contributed by atoms with Crippen LogP contribution in [0.25, 0.3) is 10.9 Å². The van der Waals surface area contributed by atoms with E-state index < -0.39 is 27.3 Å². The number of fused-ring (bicyclic) bond motifs is 1. The molecule has 146 valence electrons. The molecular formula is C19H15F3N2O2S2. The van der Waals surface area contributed by atoms with Gasteiger partial charge in [0.2, 0.25) is 9.84 Å². The summed E-state index contributed by atoms with van der Waals surface area (Å²) in [5.74, 6) is -1.31. The van der Waals surface area contributed by atoms with Crippen LogP contribution in [0.4, 0.5) is 18.9 Å². The van der Waals surface area contributed by atoms with Crippen LogP contribution in [-0.2, 0) is 9.84 Å². The van der Waals surface area contributed by atoms with Crippen molar-refractivity contribution in [3.05, 3.63) is 60.0 Å². The lowest BCUT2D eigenvalue weighted by atomic mass is 10.1. The summed E-state index contributed by atoms with van der Waals surface area (Å²) >= 11 is 1.74. The highest BCUT2D eigenvalue weighted by Gasteiger charge is 2.28. The summed E-state index contributed by atoms with van der Waals surface area (Å²) in [6.45, 7) is 1.17. The number of aromatic nitrogens is 1. The Labute approximate surface area is 164 Å². The Hall–Kier alpha value is -2.26. The van der Waals surface area contributed by atoms with Crippen molar-refractivity contribution in [3.63, 3.8) is 0 Å². The van der Waals surface area contributed by atoms with Gasteiger partial charge in [-0.15, -0.1) is 0 Å². The molecule has 0 radical (unpaired) electrons. The molecule has 1 aliphatic heterocycles. The maximum absolute atomic E-state index is 13.9. The number of halogens is 3. The van der Waals surface area contributed by atoms with Crippen LogP contribution in [0.2, 0.25) is 0 Å². The van der Waals surface area contributed by atoms with Gasteiger partial charge < -0.3 is 4.90 Å². The van der Waals surface area contributed by atoms with E-state index in [9.17, 15) is 21.6 Å². The van der Waals surface area contributed by atoms with Crippen LogP contribution in [0.1, 0.15) is 0 Å². The van der Waals surface area contributed by atoms with Gasteiger partial charge in [-0.2, -0.15) is 11.8 Å². The highest BCUT2D eigenvalue weighted by Crippen LogP contribution is 2.37. The molecule has 0 spiro atoms. The molecular weight excluding hydrogens is 409 g/mol. The molecule has 2 aromatic carbocycles. The first-order valence-electron chi connectivity index (χ1n) is 8.49. The molecule has 0 N–H and O–H groups in total. The molecule has 3 aromatic rings. The van der Waals surface area contributed by atoms with Crippen molar-refractivity contribution >= 4 is 38.2 Å². The van der Waals surface area contributed by atoms with Gasteiger partial charge in [0.1, 0.15) is 10.7 Å². The number of benzene rings is 2.